The van der Waals surface area contributed by atoms with Crippen LogP contribution in [0.5, 0.6) is 0 Å². The fourth-order valence-electron chi connectivity index (χ4n) is 19.7. The van der Waals surface area contributed by atoms with E-state index in [2.05, 4.69) is 408 Å². The molecule has 0 aliphatic heterocycles. The van der Waals surface area contributed by atoms with Crippen molar-refractivity contribution in [2.45, 2.75) is 110 Å². The van der Waals surface area contributed by atoms with Crippen LogP contribution in [-0.2, 0) is 12.8 Å². The van der Waals surface area contributed by atoms with Gasteiger partial charge in [0.15, 0.2) is 0 Å². The van der Waals surface area contributed by atoms with Crippen LogP contribution in [0.2, 0.25) is 0 Å². The van der Waals surface area contributed by atoms with Crippen molar-refractivity contribution in [2.75, 3.05) is 19.6 Å². The molecular weight excluding hydrogens is 1510 g/mol. The third-order valence-electron chi connectivity index (χ3n) is 27.0. The molecular formula is C116H94N4O4. The van der Waals surface area contributed by atoms with E-state index in [9.17, 15) is 0 Å². The molecule has 0 saturated carbocycles. The predicted octanol–water partition coefficient (Wildman–Crippen LogP) is 33.9. The molecule has 4 aromatic heterocycles. The number of furan rings is 4. The van der Waals surface area contributed by atoms with Crippen molar-refractivity contribution in [3.63, 3.8) is 0 Å². The summed E-state index contributed by atoms with van der Waals surface area (Å²) in [4.78, 5) is 9.63. The number of rotatable bonds is 15. The van der Waals surface area contributed by atoms with Crippen molar-refractivity contribution in [1.82, 2.24) is 0 Å². The first kappa shape index (κ1) is 75.6. The van der Waals surface area contributed by atoms with Gasteiger partial charge in [-0.05, 0) is 412 Å². The molecule has 0 bridgehead atoms. The monoisotopic (exact) mass is 1610 g/mol. The molecule has 124 heavy (non-hydrogen) atoms. The van der Waals surface area contributed by atoms with Crippen molar-refractivity contribution in [3.8, 4) is 0 Å². The zero-order chi connectivity index (χ0) is 84.5. The van der Waals surface area contributed by atoms with Crippen LogP contribution in [0.25, 0.3) is 131 Å². The average molecular weight is 1610 g/mol. The molecule has 0 amide bonds. The number of hydrogen-bond donors (Lipinski definition) is 0. The number of para-hydroxylation sites is 2. The summed E-state index contributed by atoms with van der Waals surface area (Å²) in [6.07, 6.45) is 1.74. The minimum absolute atomic E-state index is 0.814. The van der Waals surface area contributed by atoms with E-state index in [1.165, 1.54) is 83.6 Å². The van der Waals surface area contributed by atoms with Crippen LogP contribution >= 0.6 is 0 Å². The number of fused-ring (bicyclic) bond motifs is 16. The first-order chi connectivity index (χ1) is 60.1. The Kier molecular flexibility index (Phi) is 17.7. The molecule has 0 aliphatic carbocycles. The molecule has 22 aromatic rings. The van der Waals surface area contributed by atoms with Crippen LogP contribution in [0.4, 0.5) is 68.2 Å². The van der Waals surface area contributed by atoms with E-state index in [4.69, 9.17) is 17.7 Å². The topological polar surface area (TPSA) is 65.5 Å². The maximum atomic E-state index is 6.93. The maximum absolute atomic E-state index is 6.93. The number of nitrogens with zero attached hydrogens (tertiary/aromatic N) is 4. The summed E-state index contributed by atoms with van der Waals surface area (Å²) in [5.41, 5.74) is 39.8. The Morgan fingerprint density at radius 1 is 0.194 bits per heavy atom. The zero-order valence-corrected chi connectivity index (χ0v) is 72.5. The van der Waals surface area contributed by atoms with Gasteiger partial charge in [0.05, 0.1) is 0 Å². The molecule has 18 aromatic carbocycles. The summed E-state index contributed by atoms with van der Waals surface area (Å²) in [5, 5.41) is 17.9. The second-order valence-electron chi connectivity index (χ2n) is 35.2. The lowest BCUT2D eigenvalue weighted by Crippen LogP contribution is -2.13. The third kappa shape index (κ3) is 12.6. The van der Waals surface area contributed by atoms with Gasteiger partial charge in [-0.2, -0.15) is 0 Å². The van der Waals surface area contributed by atoms with Crippen molar-refractivity contribution < 1.29 is 17.7 Å². The highest BCUT2D eigenvalue weighted by Gasteiger charge is 2.27. The standard InChI is InChI=1S/C116H94N4O4/c1-65-23-24-71(7)103(45-65)119(101-21-17-15-19-69(101)5)95-43-35-83-57-99-107(61-87(83)53-95)123-111-64-112-116(78(14)115(99)111)100-58-84-36-44-96(54-88(84)62-108(100)124-112)120(102-22-18-16-20-70(102)6)104-50-79(29-25-72(104)8)30-31-80-32-40-92(49-76(80)12)118(91-39-28-68(4)75(11)48-91)94-42-34-82-56-98-106(60-86(82)52-94)122-110-63-109-113(77(13)114(98)110)97-55-81-33-41-93(51-85(81)59-105(97)121-109)117(89-37-26-66(2)73(9)46-89)90-38-27-67(3)74(10)47-90/h15-29,32-64H,30-31H2,1-14H3. The van der Waals surface area contributed by atoms with Crippen molar-refractivity contribution in [1.29, 1.82) is 0 Å². The van der Waals surface area contributed by atoms with E-state index in [0.717, 1.165) is 217 Å². The Morgan fingerprint density at radius 3 is 0.863 bits per heavy atom. The fourth-order valence-corrected chi connectivity index (χ4v) is 19.7. The summed E-state index contributed by atoms with van der Waals surface area (Å²) in [7, 11) is 0. The van der Waals surface area contributed by atoms with Crippen molar-refractivity contribution >= 4 is 199 Å². The van der Waals surface area contributed by atoms with Crippen LogP contribution in [0, 0.1) is 96.9 Å². The van der Waals surface area contributed by atoms with Crippen LogP contribution in [0.15, 0.2) is 309 Å². The van der Waals surface area contributed by atoms with Crippen LogP contribution in [0.3, 0.4) is 0 Å². The van der Waals surface area contributed by atoms with Gasteiger partial charge in [-0.15, -0.1) is 0 Å². The van der Waals surface area contributed by atoms with Gasteiger partial charge >= 0.3 is 0 Å². The van der Waals surface area contributed by atoms with Crippen LogP contribution in [0.1, 0.15) is 89.0 Å². The average Bonchev–Trinajstić information content (AvgIpc) is 1.57. The third-order valence-corrected chi connectivity index (χ3v) is 27.0. The normalized spacial score (nSPS) is 12.0. The van der Waals surface area contributed by atoms with Gasteiger partial charge in [0.2, 0.25) is 0 Å². The minimum Gasteiger partial charge on any atom is -0.456 e. The predicted molar refractivity (Wildman–Crippen MR) is 524 cm³/mol. The molecule has 8 nitrogen and oxygen atoms in total. The molecule has 22 rings (SSSR count). The van der Waals surface area contributed by atoms with Gasteiger partial charge in [-0.25, -0.2) is 0 Å². The molecule has 4 heterocycles. The number of anilines is 12. The second kappa shape index (κ2) is 29.1. The summed E-state index contributed by atoms with van der Waals surface area (Å²) < 4.78 is 27.6. The Balaban J connectivity index is 0.549. The molecule has 0 radical (unpaired) electrons. The van der Waals surface area contributed by atoms with Gasteiger partial charge < -0.3 is 37.3 Å². The lowest BCUT2D eigenvalue weighted by atomic mass is 9.97. The Hall–Kier alpha value is -14.6. The fraction of sp³-hybridized carbons (Fsp3) is 0.138. The minimum atomic E-state index is 0.814. The lowest BCUT2D eigenvalue weighted by Gasteiger charge is -2.29. The number of aryl methyl sites for hydroxylation is 16. The van der Waals surface area contributed by atoms with E-state index in [0.29, 0.717) is 0 Å². The summed E-state index contributed by atoms with van der Waals surface area (Å²) in [6, 6.07) is 108. The SMILES string of the molecule is Cc1ccc(C)c(N(c2ccc3cc4c(cc3c2)oc2cc3oc5cc6cc(N(c7ccccc7C)c7cc(CCc8ccc(N(c9ccc(C)c(C)c9)c9ccc%10cc%11c(cc%10c9)oc9cc%10oc%12cc%13cc(N(c%14ccc(C)c(C)c%14)c%14ccc(C)c(C)c%14)ccc%13cc%12c%10c(C)c9%11)cc8C)ccc7C)ccc6cc5c3c(C)c24)c2ccccc2C)c1. The van der Waals surface area contributed by atoms with Gasteiger partial charge in [0, 0.05) is 123 Å². The summed E-state index contributed by atoms with van der Waals surface area (Å²) in [5.74, 6) is 0. The van der Waals surface area contributed by atoms with E-state index < -0.39 is 0 Å². The quantitative estimate of drug-likeness (QED) is 0.101. The maximum Gasteiger partial charge on any atom is 0.139 e. The van der Waals surface area contributed by atoms with Gasteiger partial charge in [0.1, 0.15) is 44.7 Å². The smallest absolute Gasteiger partial charge is 0.139 e. The first-order valence-corrected chi connectivity index (χ1v) is 43.3. The van der Waals surface area contributed by atoms with E-state index >= 15 is 0 Å². The molecule has 0 atom stereocenters. The molecule has 0 N–H and O–H groups in total. The Labute approximate surface area is 721 Å². The molecule has 602 valence electrons. The lowest BCUT2D eigenvalue weighted by molar-refractivity contribution is 0.655. The Morgan fingerprint density at radius 2 is 0.500 bits per heavy atom. The number of hydrogen-bond acceptors (Lipinski definition) is 8. The molecule has 0 saturated heterocycles. The highest BCUT2D eigenvalue weighted by atomic mass is 16.4. The van der Waals surface area contributed by atoms with Crippen molar-refractivity contribution in [2.24, 2.45) is 0 Å². The van der Waals surface area contributed by atoms with E-state index in [-0.39, 0.29) is 0 Å². The molecule has 8 heteroatoms. The molecule has 0 unspecified atom stereocenters. The largest absolute Gasteiger partial charge is 0.456 e. The summed E-state index contributed by atoms with van der Waals surface area (Å²) >= 11 is 0. The highest BCUT2D eigenvalue weighted by Crippen LogP contribution is 2.50. The zero-order valence-electron chi connectivity index (χ0n) is 72.5. The highest BCUT2D eigenvalue weighted by molar-refractivity contribution is 6.23. The molecule has 0 fully saturated rings. The summed E-state index contributed by atoms with van der Waals surface area (Å²) in [6.45, 7) is 30.8. The van der Waals surface area contributed by atoms with Crippen molar-refractivity contribution in [3.05, 3.63) is 380 Å². The van der Waals surface area contributed by atoms with E-state index in [1.807, 2.05) is 0 Å². The van der Waals surface area contributed by atoms with Gasteiger partial charge in [-0.3, -0.25) is 0 Å². The molecule has 0 spiro atoms. The van der Waals surface area contributed by atoms with Gasteiger partial charge in [-0.1, -0.05) is 109 Å². The van der Waals surface area contributed by atoms with Crippen LogP contribution < -0.4 is 19.6 Å². The second-order valence-corrected chi connectivity index (χ2v) is 35.2. The molecule has 0 aliphatic rings. The number of benzene rings is 18. The van der Waals surface area contributed by atoms with E-state index in [1.54, 1.807) is 0 Å². The van der Waals surface area contributed by atoms with Gasteiger partial charge in [0.25, 0.3) is 0 Å². The Bertz CT molecular complexity index is 8230. The first-order valence-electron chi connectivity index (χ1n) is 43.3. The van der Waals surface area contributed by atoms with Crippen LogP contribution in [-0.4, -0.2) is 0 Å².